The minimum Gasteiger partial charge on any atom is -0.462 e. The van der Waals surface area contributed by atoms with Crippen molar-refractivity contribution in [3.63, 3.8) is 0 Å². The lowest BCUT2D eigenvalue weighted by atomic mass is 9.50. The molecule has 1 heterocycles. The highest BCUT2D eigenvalue weighted by Crippen LogP contribution is 2.62. The van der Waals surface area contributed by atoms with Gasteiger partial charge in [0.25, 0.3) is 0 Å². The van der Waals surface area contributed by atoms with Crippen molar-refractivity contribution in [1.82, 2.24) is 0 Å². The Morgan fingerprint density at radius 2 is 2.00 bits per heavy atom. The van der Waals surface area contributed by atoms with Crippen LogP contribution in [0.5, 0.6) is 0 Å². The number of aliphatic hydroxyl groups is 3. The summed E-state index contributed by atoms with van der Waals surface area (Å²) < 4.78 is 12.1. The molecule has 27 heavy (non-hydrogen) atoms. The molecule has 0 aromatic carbocycles. The maximum Gasteiger partial charge on any atom is 0.305 e. The Morgan fingerprint density at radius 3 is 2.70 bits per heavy atom. The summed E-state index contributed by atoms with van der Waals surface area (Å²) in [7, 11) is 0. The van der Waals surface area contributed by atoms with Crippen molar-refractivity contribution < 1.29 is 29.6 Å². The largest absolute Gasteiger partial charge is 0.462 e. The minimum absolute atomic E-state index is 0.0484. The van der Waals surface area contributed by atoms with Crippen molar-refractivity contribution in [3.05, 3.63) is 0 Å². The summed E-state index contributed by atoms with van der Waals surface area (Å²) in [5, 5.41) is 31.5. The zero-order valence-electron chi connectivity index (χ0n) is 16.5. The molecule has 9 atom stereocenters. The van der Waals surface area contributed by atoms with Gasteiger partial charge in [-0.05, 0) is 55.8 Å². The van der Waals surface area contributed by atoms with Crippen LogP contribution in [0.2, 0.25) is 0 Å². The highest BCUT2D eigenvalue weighted by molar-refractivity contribution is 5.69. The molecule has 4 fully saturated rings. The number of rotatable bonds is 3. The second kappa shape index (κ2) is 6.97. The molecule has 4 rings (SSSR count). The van der Waals surface area contributed by atoms with E-state index < -0.39 is 11.5 Å². The van der Waals surface area contributed by atoms with Crippen LogP contribution in [0.1, 0.15) is 58.8 Å². The lowest BCUT2D eigenvalue weighted by Crippen LogP contribution is -2.65. The van der Waals surface area contributed by atoms with Gasteiger partial charge < -0.3 is 24.8 Å². The van der Waals surface area contributed by atoms with Gasteiger partial charge in [0.05, 0.1) is 36.9 Å². The molecule has 0 aromatic rings. The zero-order valence-corrected chi connectivity index (χ0v) is 16.5. The fourth-order valence-corrected chi connectivity index (χ4v) is 6.86. The quantitative estimate of drug-likeness (QED) is 0.642. The third kappa shape index (κ3) is 2.86. The first-order valence-electron chi connectivity index (χ1n) is 10.6. The van der Waals surface area contributed by atoms with Gasteiger partial charge in [-0.1, -0.05) is 13.8 Å². The van der Waals surface area contributed by atoms with Gasteiger partial charge in [-0.2, -0.15) is 0 Å². The fourth-order valence-electron chi connectivity index (χ4n) is 6.86. The molecule has 1 saturated heterocycles. The summed E-state index contributed by atoms with van der Waals surface area (Å²) in [5.74, 6) is 0.0607. The molecular formula is C21H34O6. The Morgan fingerprint density at radius 1 is 1.22 bits per heavy atom. The molecule has 4 aliphatic rings. The summed E-state index contributed by atoms with van der Waals surface area (Å²) in [4.78, 5) is 11.9. The number of fused-ring (bicyclic) bond motifs is 5. The van der Waals surface area contributed by atoms with Gasteiger partial charge in [-0.25, -0.2) is 0 Å². The first-order chi connectivity index (χ1) is 12.9. The normalized spacial score (nSPS) is 51.8. The molecule has 3 saturated carbocycles. The molecule has 6 nitrogen and oxygen atoms in total. The second-order valence-electron chi connectivity index (χ2n) is 9.65. The third-order valence-electron chi connectivity index (χ3n) is 8.45. The Labute approximate surface area is 161 Å². The van der Waals surface area contributed by atoms with Gasteiger partial charge in [0, 0.05) is 12.3 Å². The van der Waals surface area contributed by atoms with Crippen molar-refractivity contribution in [2.75, 3.05) is 13.2 Å². The zero-order chi connectivity index (χ0) is 19.4. The Kier molecular flexibility index (Phi) is 5.07. The van der Waals surface area contributed by atoms with Crippen LogP contribution in [0.4, 0.5) is 0 Å². The molecular weight excluding hydrogens is 348 g/mol. The van der Waals surface area contributed by atoms with E-state index in [0.717, 1.165) is 32.1 Å². The van der Waals surface area contributed by atoms with Gasteiger partial charge in [-0.15, -0.1) is 0 Å². The van der Waals surface area contributed by atoms with E-state index >= 15 is 0 Å². The lowest BCUT2D eigenvalue weighted by Gasteiger charge is -2.61. The second-order valence-corrected chi connectivity index (χ2v) is 9.65. The standard InChI is InChI=1S/C21H34O6/c1-3-17(25)27-16-5-4-14-18-15(24)9-12-8-13(23)6-7-20(12,2)19(18)26-11-21(14,16)10-22/h12-16,18-19,22-24H,3-11H2,1-2H3/t12?,13-,14?,15-,16-,18?,19?,20-,21-/m0/s1. The molecule has 0 radical (unpaired) electrons. The van der Waals surface area contributed by atoms with Crippen LogP contribution in [-0.2, 0) is 14.3 Å². The number of hydrogen-bond donors (Lipinski definition) is 3. The van der Waals surface area contributed by atoms with Gasteiger partial charge in [-0.3, -0.25) is 4.79 Å². The number of aliphatic hydroxyl groups excluding tert-OH is 3. The molecule has 154 valence electrons. The lowest BCUT2D eigenvalue weighted by molar-refractivity contribution is -0.262. The number of ether oxygens (including phenoxy) is 2. The Bertz CT molecular complexity index is 581. The first-order valence-corrected chi connectivity index (χ1v) is 10.6. The minimum atomic E-state index is -0.607. The Balaban J connectivity index is 1.62. The molecule has 1 aliphatic heterocycles. The van der Waals surface area contributed by atoms with Gasteiger partial charge in [0.1, 0.15) is 6.10 Å². The predicted molar refractivity (Wildman–Crippen MR) is 97.7 cm³/mol. The maximum atomic E-state index is 11.9. The molecule has 6 heteroatoms. The van der Waals surface area contributed by atoms with E-state index in [1.54, 1.807) is 6.92 Å². The molecule has 3 aliphatic carbocycles. The number of carbonyl (C=O) groups is 1. The highest BCUT2D eigenvalue weighted by atomic mass is 16.6. The smallest absolute Gasteiger partial charge is 0.305 e. The van der Waals surface area contributed by atoms with E-state index in [0.29, 0.717) is 19.4 Å². The van der Waals surface area contributed by atoms with E-state index in [1.807, 2.05) is 0 Å². The van der Waals surface area contributed by atoms with Crippen LogP contribution in [0.3, 0.4) is 0 Å². The topological polar surface area (TPSA) is 96.2 Å². The van der Waals surface area contributed by atoms with E-state index in [1.165, 1.54) is 0 Å². The van der Waals surface area contributed by atoms with E-state index in [-0.39, 0.29) is 54.1 Å². The van der Waals surface area contributed by atoms with E-state index in [9.17, 15) is 20.1 Å². The van der Waals surface area contributed by atoms with Crippen LogP contribution >= 0.6 is 0 Å². The van der Waals surface area contributed by atoms with Crippen molar-refractivity contribution in [2.24, 2.45) is 28.6 Å². The fraction of sp³-hybridized carbons (Fsp3) is 0.952. The van der Waals surface area contributed by atoms with Crippen LogP contribution in [0, 0.1) is 28.6 Å². The summed E-state index contributed by atoms with van der Waals surface area (Å²) in [6.45, 7) is 4.31. The molecule has 0 spiro atoms. The van der Waals surface area contributed by atoms with Crippen LogP contribution in [0.15, 0.2) is 0 Å². The molecule has 3 N–H and O–H groups in total. The molecule has 0 amide bonds. The maximum absolute atomic E-state index is 11.9. The summed E-state index contributed by atoms with van der Waals surface area (Å²) in [6, 6.07) is 0. The number of esters is 1. The summed E-state index contributed by atoms with van der Waals surface area (Å²) in [5.41, 5.74) is -0.659. The third-order valence-corrected chi connectivity index (χ3v) is 8.45. The molecule has 0 aromatic heterocycles. The number of carbonyl (C=O) groups excluding carboxylic acids is 1. The summed E-state index contributed by atoms with van der Waals surface area (Å²) >= 11 is 0. The number of hydrogen-bond acceptors (Lipinski definition) is 6. The monoisotopic (exact) mass is 382 g/mol. The summed E-state index contributed by atoms with van der Waals surface area (Å²) in [6.07, 6.45) is 3.77. The average Bonchev–Trinajstić information content (AvgIpc) is 3.02. The first kappa shape index (κ1) is 19.6. The van der Waals surface area contributed by atoms with Gasteiger partial charge in [0.2, 0.25) is 0 Å². The molecule has 0 bridgehead atoms. The van der Waals surface area contributed by atoms with Crippen molar-refractivity contribution in [1.29, 1.82) is 0 Å². The van der Waals surface area contributed by atoms with Crippen molar-refractivity contribution in [3.8, 4) is 0 Å². The van der Waals surface area contributed by atoms with Crippen molar-refractivity contribution in [2.45, 2.75) is 83.2 Å². The van der Waals surface area contributed by atoms with E-state index in [4.69, 9.17) is 9.47 Å². The predicted octanol–water partition coefficient (Wildman–Crippen LogP) is 1.64. The van der Waals surface area contributed by atoms with Crippen LogP contribution in [0.25, 0.3) is 0 Å². The molecule has 4 unspecified atom stereocenters. The van der Waals surface area contributed by atoms with Crippen LogP contribution < -0.4 is 0 Å². The average molecular weight is 382 g/mol. The van der Waals surface area contributed by atoms with E-state index in [2.05, 4.69) is 6.92 Å². The highest BCUT2D eigenvalue weighted by Gasteiger charge is 2.65. The van der Waals surface area contributed by atoms with Gasteiger partial charge in [0.15, 0.2) is 0 Å². The Hall–Kier alpha value is -0.690. The van der Waals surface area contributed by atoms with Crippen LogP contribution in [-0.4, -0.2) is 58.9 Å². The SMILES string of the molecule is CCC(=O)O[C@H]1CCC2C3C(OC[C@@]21CO)[C@@]1(C)CC[C@H](O)CC1C[C@@H]3O. The van der Waals surface area contributed by atoms with Crippen molar-refractivity contribution >= 4 is 5.97 Å². The van der Waals surface area contributed by atoms with Gasteiger partial charge >= 0.3 is 5.97 Å².